The molecule has 2 aromatic heterocycles. The zero-order chi connectivity index (χ0) is 20.6. The van der Waals surface area contributed by atoms with Gasteiger partial charge in [0.15, 0.2) is 5.15 Å². The summed E-state index contributed by atoms with van der Waals surface area (Å²) in [5.74, 6) is -0.476. The van der Waals surface area contributed by atoms with Crippen molar-refractivity contribution in [1.82, 2.24) is 19.4 Å². The standard InChI is InChI=1S/C18H18ClF3N4O2/c1-25(2)8-10-4-5-12-11(6-10)15-16(26(12)9-18(20,21)22)17(19)24-13(23-15)7-14(27)28-3/h4-6H,7-9H2,1-3H3. The largest absolute Gasteiger partial charge is 0.469 e. The van der Waals surface area contributed by atoms with E-state index in [1.165, 1.54) is 7.11 Å². The predicted molar refractivity (Wildman–Crippen MR) is 99.2 cm³/mol. The van der Waals surface area contributed by atoms with E-state index < -0.39 is 18.7 Å². The molecule has 1 aromatic carbocycles. The summed E-state index contributed by atoms with van der Waals surface area (Å²) in [4.78, 5) is 21.8. The predicted octanol–water partition coefficient (Wildman–Crippen LogP) is 3.58. The summed E-state index contributed by atoms with van der Waals surface area (Å²) in [7, 11) is 5.01. The van der Waals surface area contributed by atoms with Crippen molar-refractivity contribution in [3.8, 4) is 0 Å². The second kappa shape index (κ2) is 7.56. The van der Waals surface area contributed by atoms with Gasteiger partial charge in [-0.1, -0.05) is 17.7 Å². The minimum atomic E-state index is -4.45. The fourth-order valence-corrected chi connectivity index (χ4v) is 3.40. The Balaban J connectivity index is 2.29. The number of carbonyl (C=O) groups excluding carboxylic acids is 1. The number of rotatable bonds is 5. The van der Waals surface area contributed by atoms with Crippen LogP contribution in [-0.4, -0.2) is 52.8 Å². The molecular formula is C18H18ClF3N4O2. The SMILES string of the molecule is COC(=O)Cc1nc(Cl)c2c(n1)c1cc(CN(C)C)ccc1n2CC(F)(F)F. The van der Waals surface area contributed by atoms with E-state index in [1.807, 2.05) is 19.0 Å². The molecule has 0 saturated heterocycles. The van der Waals surface area contributed by atoms with Gasteiger partial charge in [0.25, 0.3) is 0 Å². The van der Waals surface area contributed by atoms with Crippen LogP contribution >= 0.6 is 11.6 Å². The summed E-state index contributed by atoms with van der Waals surface area (Å²) in [5, 5.41) is 0.382. The van der Waals surface area contributed by atoms with Crippen LogP contribution in [0.4, 0.5) is 13.2 Å². The van der Waals surface area contributed by atoms with E-state index >= 15 is 0 Å². The van der Waals surface area contributed by atoms with Crippen LogP contribution in [0.1, 0.15) is 11.4 Å². The molecule has 0 fully saturated rings. The number of nitrogens with zero attached hydrogens (tertiary/aromatic N) is 4. The highest BCUT2D eigenvalue weighted by Crippen LogP contribution is 2.34. The van der Waals surface area contributed by atoms with Gasteiger partial charge in [0.1, 0.15) is 29.8 Å². The molecule has 0 saturated carbocycles. The first-order valence-electron chi connectivity index (χ1n) is 8.34. The lowest BCUT2D eigenvalue weighted by Crippen LogP contribution is -2.18. The smallest absolute Gasteiger partial charge is 0.406 e. The van der Waals surface area contributed by atoms with Crippen molar-refractivity contribution in [2.24, 2.45) is 0 Å². The number of carbonyl (C=O) groups is 1. The topological polar surface area (TPSA) is 60.2 Å². The molecule has 0 spiro atoms. The summed E-state index contributed by atoms with van der Waals surface area (Å²) in [5.41, 5.74) is 1.62. The van der Waals surface area contributed by atoms with Gasteiger partial charge < -0.3 is 14.2 Å². The van der Waals surface area contributed by atoms with Crippen molar-refractivity contribution in [1.29, 1.82) is 0 Å². The fourth-order valence-electron chi connectivity index (χ4n) is 3.11. The molecule has 150 valence electrons. The lowest BCUT2D eigenvalue weighted by Gasteiger charge is -2.12. The number of alkyl halides is 3. The number of halogens is 4. The Morgan fingerprint density at radius 1 is 1.29 bits per heavy atom. The highest BCUT2D eigenvalue weighted by molar-refractivity contribution is 6.34. The summed E-state index contributed by atoms with van der Waals surface area (Å²) >= 11 is 6.22. The molecule has 10 heteroatoms. The molecule has 0 aliphatic carbocycles. The van der Waals surface area contributed by atoms with Gasteiger partial charge >= 0.3 is 12.1 Å². The summed E-state index contributed by atoms with van der Waals surface area (Å²) < 4.78 is 45.2. The molecule has 3 aromatic rings. The molecule has 0 atom stereocenters. The molecule has 0 unspecified atom stereocenters. The second-order valence-corrected chi connectivity index (χ2v) is 7.03. The van der Waals surface area contributed by atoms with Crippen molar-refractivity contribution < 1.29 is 22.7 Å². The van der Waals surface area contributed by atoms with Crippen LogP contribution in [0.2, 0.25) is 5.15 Å². The highest BCUT2D eigenvalue weighted by Gasteiger charge is 2.31. The zero-order valence-corrected chi connectivity index (χ0v) is 16.2. The maximum absolute atomic E-state index is 13.2. The molecule has 2 heterocycles. The van der Waals surface area contributed by atoms with Crippen LogP contribution in [0, 0.1) is 0 Å². The van der Waals surface area contributed by atoms with Crippen molar-refractivity contribution in [3.05, 3.63) is 34.7 Å². The molecule has 0 aliphatic rings. The van der Waals surface area contributed by atoms with Gasteiger partial charge in [0.2, 0.25) is 0 Å². The molecule has 0 bridgehead atoms. The fraction of sp³-hybridized carbons (Fsp3) is 0.389. The Kier molecular flexibility index (Phi) is 5.49. The first-order valence-corrected chi connectivity index (χ1v) is 8.72. The number of benzene rings is 1. The molecule has 3 rings (SSSR count). The quantitative estimate of drug-likeness (QED) is 0.472. The third-order valence-electron chi connectivity index (χ3n) is 4.13. The number of hydrogen-bond donors (Lipinski definition) is 0. The van der Waals surface area contributed by atoms with E-state index in [-0.39, 0.29) is 28.4 Å². The van der Waals surface area contributed by atoms with Crippen LogP contribution in [-0.2, 0) is 29.0 Å². The maximum atomic E-state index is 13.2. The third kappa shape index (κ3) is 4.20. The number of fused-ring (bicyclic) bond motifs is 3. The Bertz CT molecular complexity index is 1050. The van der Waals surface area contributed by atoms with Crippen molar-refractivity contribution >= 4 is 39.5 Å². The van der Waals surface area contributed by atoms with Gasteiger partial charge in [0.05, 0.1) is 12.6 Å². The lowest BCUT2D eigenvalue weighted by molar-refractivity contribution is -0.140. The van der Waals surface area contributed by atoms with Gasteiger partial charge in [0, 0.05) is 11.9 Å². The van der Waals surface area contributed by atoms with Crippen molar-refractivity contribution in [3.63, 3.8) is 0 Å². The first kappa shape index (κ1) is 20.3. The molecule has 28 heavy (non-hydrogen) atoms. The molecular weight excluding hydrogens is 397 g/mol. The monoisotopic (exact) mass is 414 g/mol. The molecule has 0 N–H and O–H groups in total. The molecule has 0 aliphatic heterocycles. The highest BCUT2D eigenvalue weighted by atomic mass is 35.5. The Morgan fingerprint density at radius 3 is 2.61 bits per heavy atom. The average molecular weight is 415 g/mol. The summed E-state index contributed by atoms with van der Waals surface area (Å²) in [6.07, 6.45) is -4.68. The molecule has 6 nitrogen and oxygen atoms in total. The number of esters is 1. The van der Waals surface area contributed by atoms with Gasteiger partial charge in [-0.15, -0.1) is 0 Å². The van der Waals surface area contributed by atoms with Crippen LogP contribution in [0.15, 0.2) is 18.2 Å². The Labute approximate surface area is 163 Å². The maximum Gasteiger partial charge on any atom is 0.406 e. The van der Waals surface area contributed by atoms with Crippen LogP contribution in [0.25, 0.3) is 21.9 Å². The van der Waals surface area contributed by atoms with E-state index in [1.54, 1.807) is 18.2 Å². The number of methoxy groups -OCH3 is 1. The van der Waals surface area contributed by atoms with Crippen LogP contribution in [0.3, 0.4) is 0 Å². The van der Waals surface area contributed by atoms with E-state index in [2.05, 4.69) is 14.7 Å². The van der Waals surface area contributed by atoms with Gasteiger partial charge in [-0.25, -0.2) is 9.97 Å². The molecule has 0 amide bonds. The van der Waals surface area contributed by atoms with E-state index in [0.717, 1.165) is 10.1 Å². The molecule has 0 radical (unpaired) electrons. The normalized spacial score (nSPS) is 12.3. The van der Waals surface area contributed by atoms with Crippen molar-refractivity contribution in [2.75, 3.05) is 21.2 Å². The van der Waals surface area contributed by atoms with E-state index in [4.69, 9.17) is 11.6 Å². The average Bonchev–Trinajstić information content (AvgIpc) is 2.86. The lowest BCUT2D eigenvalue weighted by atomic mass is 10.1. The van der Waals surface area contributed by atoms with Crippen molar-refractivity contribution in [2.45, 2.75) is 25.7 Å². The summed E-state index contributed by atoms with van der Waals surface area (Å²) in [6, 6.07) is 5.18. The third-order valence-corrected chi connectivity index (χ3v) is 4.39. The number of hydrogen-bond acceptors (Lipinski definition) is 5. The van der Waals surface area contributed by atoms with E-state index in [0.29, 0.717) is 17.4 Å². The second-order valence-electron chi connectivity index (χ2n) is 6.67. The minimum Gasteiger partial charge on any atom is -0.469 e. The Morgan fingerprint density at radius 2 is 2.00 bits per heavy atom. The summed E-state index contributed by atoms with van der Waals surface area (Å²) in [6.45, 7) is -0.616. The zero-order valence-electron chi connectivity index (χ0n) is 15.5. The number of ether oxygens (including phenoxy) is 1. The van der Waals surface area contributed by atoms with Crippen LogP contribution in [0.5, 0.6) is 0 Å². The Hall–Kier alpha value is -2.39. The van der Waals surface area contributed by atoms with Gasteiger partial charge in [-0.05, 0) is 31.8 Å². The van der Waals surface area contributed by atoms with Crippen LogP contribution < -0.4 is 0 Å². The van der Waals surface area contributed by atoms with Gasteiger partial charge in [-0.3, -0.25) is 4.79 Å². The number of aromatic nitrogens is 3. The van der Waals surface area contributed by atoms with E-state index in [9.17, 15) is 18.0 Å². The first-order chi connectivity index (χ1) is 13.1. The van der Waals surface area contributed by atoms with Gasteiger partial charge in [-0.2, -0.15) is 13.2 Å². The minimum absolute atomic E-state index is 0.0876.